The van der Waals surface area contributed by atoms with Gasteiger partial charge in [0.25, 0.3) is 0 Å². The molecule has 2 N–H and O–H groups in total. The van der Waals surface area contributed by atoms with E-state index in [2.05, 4.69) is 44.9 Å². The first kappa shape index (κ1) is 12.2. The van der Waals surface area contributed by atoms with E-state index < -0.39 is 0 Å². The fourth-order valence-electron chi connectivity index (χ4n) is 2.69. The predicted octanol–water partition coefficient (Wildman–Crippen LogP) is 1.97. The Morgan fingerprint density at radius 3 is 2.79 bits per heavy atom. The number of anilines is 1. The molecule has 1 aliphatic heterocycles. The van der Waals surface area contributed by atoms with Gasteiger partial charge in [0.2, 0.25) is 5.95 Å². The number of rotatable bonds is 3. The van der Waals surface area contributed by atoms with Gasteiger partial charge in [0.1, 0.15) is 0 Å². The molecule has 1 aromatic heterocycles. The van der Waals surface area contributed by atoms with E-state index in [1.807, 2.05) is 13.0 Å². The van der Waals surface area contributed by atoms with Gasteiger partial charge in [0.15, 0.2) is 0 Å². The zero-order valence-corrected chi connectivity index (χ0v) is 11.3. The van der Waals surface area contributed by atoms with Crippen LogP contribution in [0.2, 0.25) is 0 Å². The lowest BCUT2D eigenvalue weighted by Crippen LogP contribution is -2.25. The van der Waals surface area contributed by atoms with Gasteiger partial charge in [0.05, 0.1) is 5.69 Å². The summed E-state index contributed by atoms with van der Waals surface area (Å²) in [5, 5.41) is 0. The molecule has 1 saturated heterocycles. The first-order chi connectivity index (χ1) is 9.28. The largest absolute Gasteiger partial charge is 0.342 e. The molecule has 1 aromatic carbocycles. The predicted molar refractivity (Wildman–Crippen MR) is 77.7 cm³/mol. The van der Waals surface area contributed by atoms with Gasteiger partial charge in [-0.05, 0) is 37.9 Å². The summed E-state index contributed by atoms with van der Waals surface area (Å²) < 4.78 is 2.17. The third-order valence-corrected chi connectivity index (χ3v) is 3.74. The summed E-state index contributed by atoms with van der Waals surface area (Å²) in [6, 6.07) is 10.4. The van der Waals surface area contributed by atoms with Crippen LogP contribution in [0.3, 0.4) is 0 Å². The topological polar surface area (TPSA) is 47.1 Å². The maximum Gasteiger partial charge on any atom is 0.210 e. The summed E-state index contributed by atoms with van der Waals surface area (Å²) in [4.78, 5) is 7.03. The van der Waals surface area contributed by atoms with Crippen molar-refractivity contribution in [3.8, 4) is 5.69 Å². The number of imidazole rings is 1. The van der Waals surface area contributed by atoms with Crippen LogP contribution >= 0.6 is 0 Å². The maximum atomic E-state index is 5.77. The number of hydrogen-bond acceptors (Lipinski definition) is 3. The summed E-state index contributed by atoms with van der Waals surface area (Å²) in [6.45, 7) is 4.87. The van der Waals surface area contributed by atoms with Crippen LogP contribution in [0.1, 0.15) is 12.1 Å². The van der Waals surface area contributed by atoms with Crippen LogP contribution in [0.25, 0.3) is 5.69 Å². The average Bonchev–Trinajstić information content (AvgIpc) is 3.05. The first-order valence-electron chi connectivity index (χ1n) is 6.84. The van der Waals surface area contributed by atoms with Gasteiger partial charge in [0, 0.05) is 25.0 Å². The molecule has 1 atom stereocenters. The van der Waals surface area contributed by atoms with E-state index in [1.54, 1.807) is 0 Å². The monoisotopic (exact) mass is 256 g/mol. The molecule has 0 amide bonds. The Kier molecular flexibility index (Phi) is 3.25. The van der Waals surface area contributed by atoms with Gasteiger partial charge in [-0.2, -0.15) is 0 Å². The Balaban J connectivity index is 1.94. The van der Waals surface area contributed by atoms with E-state index in [-0.39, 0.29) is 0 Å². The fourth-order valence-corrected chi connectivity index (χ4v) is 2.69. The van der Waals surface area contributed by atoms with Crippen LogP contribution in [-0.2, 0) is 0 Å². The molecule has 19 heavy (non-hydrogen) atoms. The summed E-state index contributed by atoms with van der Waals surface area (Å²) in [5.74, 6) is 1.64. The Hall–Kier alpha value is -1.81. The molecule has 1 fully saturated rings. The minimum absolute atomic E-state index is 0.598. The Morgan fingerprint density at radius 1 is 1.32 bits per heavy atom. The molecule has 100 valence electrons. The average molecular weight is 256 g/mol. The van der Waals surface area contributed by atoms with E-state index in [0.717, 1.165) is 43.4 Å². The van der Waals surface area contributed by atoms with Gasteiger partial charge in [-0.3, -0.25) is 4.57 Å². The van der Waals surface area contributed by atoms with E-state index >= 15 is 0 Å². The van der Waals surface area contributed by atoms with Gasteiger partial charge in [-0.15, -0.1) is 0 Å². The lowest BCUT2D eigenvalue weighted by Gasteiger charge is -2.19. The molecule has 2 heterocycles. The van der Waals surface area contributed by atoms with Crippen molar-refractivity contribution in [1.82, 2.24) is 9.55 Å². The molecule has 2 aromatic rings. The third kappa shape index (κ3) is 2.36. The van der Waals surface area contributed by atoms with Crippen molar-refractivity contribution in [2.75, 3.05) is 24.5 Å². The van der Waals surface area contributed by atoms with Crippen LogP contribution in [0.5, 0.6) is 0 Å². The van der Waals surface area contributed by atoms with Gasteiger partial charge in [-0.25, -0.2) is 4.98 Å². The van der Waals surface area contributed by atoms with Gasteiger partial charge >= 0.3 is 0 Å². The molecular formula is C15H20N4. The molecule has 0 aliphatic carbocycles. The molecule has 4 heteroatoms. The lowest BCUT2D eigenvalue weighted by atomic mass is 10.1. The number of benzene rings is 1. The number of nitrogens with two attached hydrogens (primary N) is 1. The Bertz CT molecular complexity index is 547. The van der Waals surface area contributed by atoms with E-state index in [9.17, 15) is 0 Å². The summed E-state index contributed by atoms with van der Waals surface area (Å²) in [6.07, 6.45) is 3.26. The van der Waals surface area contributed by atoms with Crippen LogP contribution in [-0.4, -0.2) is 29.2 Å². The summed E-state index contributed by atoms with van der Waals surface area (Å²) >= 11 is 0. The lowest BCUT2D eigenvalue weighted by molar-refractivity contribution is 0.601. The molecule has 1 unspecified atom stereocenters. The van der Waals surface area contributed by atoms with Crippen molar-refractivity contribution < 1.29 is 0 Å². The Labute approximate surface area is 113 Å². The smallest absolute Gasteiger partial charge is 0.210 e. The van der Waals surface area contributed by atoms with Crippen LogP contribution in [0.4, 0.5) is 5.95 Å². The number of nitrogens with zero attached hydrogens (tertiary/aromatic N) is 3. The standard InChI is InChI=1S/C15H20N4/c1-12-10-19(14-5-3-2-4-6-14)15(17-12)18-8-7-13(9-16)11-18/h2-6,10,13H,7-9,11,16H2,1H3. The fraction of sp³-hybridized carbons (Fsp3) is 0.400. The normalized spacial score (nSPS) is 19.1. The highest BCUT2D eigenvalue weighted by molar-refractivity contribution is 5.45. The minimum Gasteiger partial charge on any atom is -0.342 e. The number of para-hydroxylation sites is 1. The van der Waals surface area contributed by atoms with Crippen LogP contribution < -0.4 is 10.6 Å². The van der Waals surface area contributed by atoms with E-state index in [4.69, 9.17) is 5.73 Å². The molecule has 3 rings (SSSR count). The van der Waals surface area contributed by atoms with Gasteiger partial charge in [-0.1, -0.05) is 18.2 Å². The second kappa shape index (κ2) is 5.05. The van der Waals surface area contributed by atoms with Gasteiger partial charge < -0.3 is 10.6 Å². The second-order valence-corrected chi connectivity index (χ2v) is 5.22. The quantitative estimate of drug-likeness (QED) is 0.913. The highest BCUT2D eigenvalue weighted by Crippen LogP contribution is 2.25. The van der Waals surface area contributed by atoms with Crippen molar-refractivity contribution >= 4 is 5.95 Å². The first-order valence-corrected chi connectivity index (χ1v) is 6.84. The third-order valence-electron chi connectivity index (χ3n) is 3.74. The van der Waals surface area contributed by atoms with Crippen molar-refractivity contribution in [2.45, 2.75) is 13.3 Å². The summed E-state index contributed by atoms with van der Waals surface area (Å²) in [7, 11) is 0. The molecule has 1 aliphatic rings. The van der Waals surface area contributed by atoms with Crippen molar-refractivity contribution in [2.24, 2.45) is 11.7 Å². The molecule has 0 spiro atoms. The van der Waals surface area contributed by atoms with Crippen molar-refractivity contribution in [3.63, 3.8) is 0 Å². The molecular weight excluding hydrogens is 236 g/mol. The SMILES string of the molecule is Cc1cn(-c2ccccc2)c(N2CCC(CN)C2)n1. The number of aryl methyl sites for hydroxylation is 1. The molecule has 0 radical (unpaired) electrons. The highest BCUT2D eigenvalue weighted by Gasteiger charge is 2.25. The molecule has 0 saturated carbocycles. The second-order valence-electron chi connectivity index (χ2n) is 5.22. The van der Waals surface area contributed by atoms with Crippen molar-refractivity contribution in [3.05, 3.63) is 42.2 Å². The summed E-state index contributed by atoms with van der Waals surface area (Å²) in [5.41, 5.74) is 7.99. The highest BCUT2D eigenvalue weighted by atomic mass is 15.3. The van der Waals surface area contributed by atoms with Crippen molar-refractivity contribution in [1.29, 1.82) is 0 Å². The van der Waals surface area contributed by atoms with Crippen LogP contribution in [0, 0.1) is 12.8 Å². The number of hydrogen-bond donors (Lipinski definition) is 1. The van der Waals surface area contributed by atoms with E-state index in [1.165, 1.54) is 0 Å². The Morgan fingerprint density at radius 2 is 2.11 bits per heavy atom. The maximum absolute atomic E-state index is 5.77. The number of aromatic nitrogens is 2. The molecule has 0 bridgehead atoms. The minimum atomic E-state index is 0.598. The molecule has 4 nitrogen and oxygen atoms in total. The zero-order valence-electron chi connectivity index (χ0n) is 11.3. The zero-order chi connectivity index (χ0) is 13.2. The van der Waals surface area contributed by atoms with E-state index in [0.29, 0.717) is 5.92 Å². The van der Waals surface area contributed by atoms with Crippen LogP contribution in [0.15, 0.2) is 36.5 Å².